The van der Waals surface area contributed by atoms with Gasteiger partial charge in [-0.3, -0.25) is 0 Å². The first-order chi connectivity index (χ1) is 4.49. The Kier molecular flexibility index (Phi) is 2.44. The van der Waals surface area contributed by atoms with Crippen LogP contribution in [-0.4, -0.2) is 4.83 Å². The van der Waals surface area contributed by atoms with Crippen LogP contribution in [0, 0.1) is 11.3 Å². The molecule has 0 radical (unpaired) electrons. The summed E-state index contributed by atoms with van der Waals surface area (Å²) in [5.41, 5.74) is 0.575. The van der Waals surface area contributed by atoms with Crippen LogP contribution >= 0.6 is 15.9 Å². The van der Waals surface area contributed by atoms with Gasteiger partial charge in [-0.15, -0.1) is 0 Å². The highest BCUT2D eigenvalue weighted by atomic mass is 79.9. The Bertz CT molecular complexity index is 106. The fourth-order valence-electron chi connectivity index (χ4n) is 2.23. The topological polar surface area (TPSA) is 0 Å². The van der Waals surface area contributed by atoms with Gasteiger partial charge in [-0.25, -0.2) is 0 Å². The maximum absolute atomic E-state index is 3.70. The second-order valence-corrected chi connectivity index (χ2v) is 5.81. The normalized spacial score (nSPS) is 39.6. The molecule has 1 heteroatoms. The van der Waals surface area contributed by atoms with Gasteiger partial charge in [-0.1, -0.05) is 36.7 Å². The summed E-state index contributed by atoms with van der Waals surface area (Å²) in [5, 5.41) is 0. The first-order valence-electron chi connectivity index (χ1n) is 4.14. The lowest BCUT2D eigenvalue weighted by atomic mass is 9.73. The van der Waals surface area contributed by atoms with Crippen molar-refractivity contribution < 1.29 is 0 Å². The van der Waals surface area contributed by atoms with E-state index in [1.807, 2.05) is 0 Å². The smallest absolute Gasteiger partial charge is 0.0153 e. The van der Waals surface area contributed by atoms with Crippen molar-refractivity contribution in [2.45, 2.75) is 44.9 Å². The highest BCUT2D eigenvalue weighted by Crippen LogP contribution is 2.41. The lowest BCUT2D eigenvalue weighted by Gasteiger charge is -2.36. The van der Waals surface area contributed by atoms with Crippen molar-refractivity contribution in [2.24, 2.45) is 11.3 Å². The van der Waals surface area contributed by atoms with Gasteiger partial charge in [0.05, 0.1) is 0 Å². The molecule has 0 nitrogen and oxygen atoms in total. The SMILES string of the molecule is C[C@H]1C[C@@H](Br)CC(C)(C)C1. The zero-order valence-corrected chi connectivity index (χ0v) is 8.74. The Morgan fingerprint density at radius 2 is 1.90 bits per heavy atom. The molecule has 0 bridgehead atoms. The van der Waals surface area contributed by atoms with Crippen LogP contribution in [0.5, 0.6) is 0 Å². The fraction of sp³-hybridized carbons (Fsp3) is 1.00. The summed E-state index contributed by atoms with van der Waals surface area (Å²) in [4.78, 5) is 0.770. The highest BCUT2D eigenvalue weighted by molar-refractivity contribution is 9.09. The molecule has 0 unspecified atom stereocenters. The Labute approximate surface area is 72.5 Å². The van der Waals surface area contributed by atoms with Gasteiger partial charge in [0, 0.05) is 4.83 Å². The third-order valence-electron chi connectivity index (χ3n) is 2.33. The lowest BCUT2D eigenvalue weighted by Crippen LogP contribution is -2.27. The van der Waals surface area contributed by atoms with Crippen LogP contribution in [0.3, 0.4) is 0 Å². The maximum Gasteiger partial charge on any atom is 0.0153 e. The molecular formula is C9H17Br. The van der Waals surface area contributed by atoms with E-state index >= 15 is 0 Å². The predicted octanol–water partition coefficient (Wildman–Crippen LogP) is 3.60. The van der Waals surface area contributed by atoms with Gasteiger partial charge in [0.25, 0.3) is 0 Å². The fourth-order valence-corrected chi connectivity index (χ4v) is 3.74. The number of alkyl halides is 1. The minimum absolute atomic E-state index is 0.575. The van der Waals surface area contributed by atoms with Crippen LogP contribution in [0.25, 0.3) is 0 Å². The molecular weight excluding hydrogens is 188 g/mol. The van der Waals surface area contributed by atoms with Gasteiger partial charge < -0.3 is 0 Å². The van der Waals surface area contributed by atoms with Gasteiger partial charge in [-0.2, -0.15) is 0 Å². The van der Waals surface area contributed by atoms with Crippen molar-refractivity contribution in [1.29, 1.82) is 0 Å². The monoisotopic (exact) mass is 204 g/mol. The molecule has 0 heterocycles. The summed E-state index contributed by atoms with van der Waals surface area (Å²) >= 11 is 3.70. The number of hydrogen-bond donors (Lipinski definition) is 0. The van der Waals surface area contributed by atoms with E-state index < -0.39 is 0 Å². The lowest BCUT2D eigenvalue weighted by molar-refractivity contribution is 0.199. The third-order valence-corrected chi connectivity index (χ3v) is 3.03. The molecule has 1 aliphatic rings. The van der Waals surface area contributed by atoms with E-state index in [-0.39, 0.29) is 0 Å². The maximum atomic E-state index is 3.70. The molecule has 0 N–H and O–H groups in total. The van der Waals surface area contributed by atoms with Crippen molar-refractivity contribution in [3.05, 3.63) is 0 Å². The van der Waals surface area contributed by atoms with Gasteiger partial charge >= 0.3 is 0 Å². The molecule has 0 aromatic rings. The second kappa shape index (κ2) is 2.84. The van der Waals surface area contributed by atoms with Crippen LogP contribution < -0.4 is 0 Å². The average Bonchev–Trinajstić information content (AvgIpc) is 1.54. The van der Waals surface area contributed by atoms with Crippen molar-refractivity contribution in [3.8, 4) is 0 Å². The van der Waals surface area contributed by atoms with E-state index in [2.05, 4.69) is 36.7 Å². The summed E-state index contributed by atoms with van der Waals surface area (Å²) in [6.07, 6.45) is 4.11. The summed E-state index contributed by atoms with van der Waals surface area (Å²) < 4.78 is 0. The molecule has 1 fully saturated rings. The van der Waals surface area contributed by atoms with Gasteiger partial charge in [0.15, 0.2) is 0 Å². The van der Waals surface area contributed by atoms with Gasteiger partial charge in [-0.05, 0) is 30.6 Å². The van der Waals surface area contributed by atoms with Crippen LogP contribution in [0.4, 0.5) is 0 Å². The zero-order valence-electron chi connectivity index (χ0n) is 7.15. The van der Waals surface area contributed by atoms with Crippen molar-refractivity contribution in [1.82, 2.24) is 0 Å². The third kappa shape index (κ3) is 2.26. The molecule has 2 atom stereocenters. The number of halogens is 1. The molecule has 0 saturated heterocycles. The summed E-state index contributed by atoms with van der Waals surface area (Å²) in [7, 11) is 0. The second-order valence-electron chi connectivity index (χ2n) is 4.51. The Morgan fingerprint density at radius 1 is 1.30 bits per heavy atom. The summed E-state index contributed by atoms with van der Waals surface area (Å²) in [6.45, 7) is 7.10. The van der Waals surface area contributed by atoms with E-state index in [1.165, 1.54) is 19.3 Å². The number of rotatable bonds is 0. The Balaban J connectivity index is 2.51. The molecule has 0 spiro atoms. The van der Waals surface area contributed by atoms with E-state index in [9.17, 15) is 0 Å². The highest BCUT2D eigenvalue weighted by Gasteiger charge is 2.30. The molecule has 0 aromatic heterocycles. The molecule has 10 heavy (non-hydrogen) atoms. The predicted molar refractivity (Wildman–Crippen MR) is 49.5 cm³/mol. The molecule has 0 amide bonds. The average molecular weight is 205 g/mol. The van der Waals surface area contributed by atoms with Gasteiger partial charge in [0.2, 0.25) is 0 Å². The van der Waals surface area contributed by atoms with Crippen LogP contribution in [-0.2, 0) is 0 Å². The van der Waals surface area contributed by atoms with Gasteiger partial charge in [0.1, 0.15) is 0 Å². The summed E-state index contributed by atoms with van der Waals surface area (Å²) in [5.74, 6) is 0.910. The first kappa shape index (κ1) is 8.58. The first-order valence-corrected chi connectivity index (χ1v) is 5.05. The molecule has 1 aliphatic carbocycles. The molecule has 1 saturated carbocycles. The molecule has 0 aliphatic heterocycles. The summed E-state index contributed by atoms with van der Waals surface area (Å²) in [6, 6.07) is 0. The molecule has 0 aromatic carbocycles. The van der Waals surface area contributed by atoms with E-state index in [1.54, 1.807) is 0 Å². The minimum atomic E-state index is 0.575. The number of hydrogen-bond acceptors (Lipinski definition) is 0. The van der Waals surface area contributed by atoms with Crippen molar-refractivity contribution in [2.75, 3.05) is 0 Å². The Morgan fingerprint density at radius 3 is 2.30 bits per heavy atom. The van der Waals surface area contributed by atoms with Crippen LogP contribution in [0.1, 0.15) is 40.0 Å². The standard InChI is InChI=1S/C9H17Br/c1-7-4-8(10)6-9(2,3)5-7/h7-8H,4-6H2,1-3H3/t7-,8+/m0/s1. The minimum Gasteiger partial charge on any atom is -0.0890 e. The quantitative estimate of drug-likeness (QED) is 0.530. The van der Waals surface area contributed by atoms with E-state index in [4.69, 9.17) is 0 Å². The molecule has 1 rings (SSSR count). The van der Waals surface area contributed by atoms with Crippen LogP contribution in [0.2, 0.25) is 0 Å². The van der Waals surface area contributed by atoms with Crippen molar-refractivity contribution >= 4 is 15.9 Å². The van der Waals surface area contributed by atoms with Crippen molar-refractivity contribution in [3.63, 3.8) is 0 Å². The van der Waals surface area contributed by atoms with E-state index in [0.717, 1.165) is 10.7 Å². The zero-order chi connectivity index (χ0) is 7.78. The van der Waals surface area contributed by atoms with E-state index in [0.29, 0.717) is 5.41 Å². The Hall–Kier alpha value is 0.480. The van der Waals surface area contributed by atoms with Crippen LogP contribution in [0.15, 0.2) is 0 Å². The largest absolute Gasteiger partial charge is 0.0890 e. The molecule has 60 valence electrons.